The van der Waals surface area contributed by atoms with Crippen LogP contribution in [0.2, 0.25) is 0 Å². The van der Waals surface area contributed by atoms with E-state index in [4.69, 9.17) is 9.84 Å². The van der Waals surface area contributed by atoms with Crippen molar-refractivity contribution in [2.45, 2.75) is 44.1 Å². The van der Waals surface area contributed by atoms with Gasteiger partial charge < -0.3 is 14.9 Å². The topological polar surface area (TPSA) is 66.8 Å². The predicted octanol–water partition coefficient (Wildman–Crippen LogP) is 0.607. The minimum Gasteiger partial charge on any atom is -0.463 e. The molecule has 0 saturated heterocycles. The van der Waals surface area contributed by atoms with E-state index in [0.717, 1.165) is 19.3 Å². The van der Waals surface area contributed by atoms with Crippen molar-refractivity contribution in [1.29, 1.82) is 0 Å². The summed E-state index contributed by atoms with van der Waals surface area (Å²) in [7, 11) is 0. The number of carbonyl (C=O) groups excluding carboxylic acids is 1. The Balaban J connectivity index is 2.33. The molecule has 0 heterocycles. The Morgan fingerprint density at radius 2 is 1.93 bits per heavy atom. The second-order valence-electron chi connectivity index (χ2n) is 3.81. The summed E-state index contributed by atoms with van der Waals surface area (Å²) >= 11 is 0. The summed E-state index contributed by atoms with van der Waals surface area (Å²) in [6.45, 7) is 0.198. The van der Waals surface area contributed by atoms with Gasteiger partial charge in [-0.25, -0.2) is 4.79 Å². The van der Waals surface area contributed by atoms with Crippen LogP contribution in [0.1, 0.15) is 38.5 Å². The van der Waals surface area contributed by atoms with Gasteiger partial charge in [-0.3, -0.25) is 0 Å². The molecule has 4 heteroatoms. The van der Waals surface area contributed by atoms with Gasteiger partial charge in [0.15, 0.2) is 5.60 Å². The quantitative estimate of drug-likeness (QED) is 0.517. The molecule has 14 heavy (non-hydrogen) atoms. The zero-order chi connectivity index (χ0) is 10.4. The second-order valence-corrected chi connectivity index (χ2v) is 3.81. The summed E-state index contributed by atoms with van der Waals surface area (Å²) in [5.74, 6) is -0.523. The average Bonchev–Trinajstić information content (AvgIpc) is 2.19. The summed E-state index contributed by atoms with van der Waals surface area (Å²) in [6.07, 6.45) is 4.28. The van der Waals surface area contributed by atoms with Crippen LogP contribution < -0.4 is 0 Å². The van der Waals surface area contributed by atoms with Crippen LogP contribution in [0.15, 0.2) is 0 Å². The van der Waals surface area contributed by atoms with Gasteiger partial charge in [0.05, 0.1) is 6.61 Å². The van der Waals surface area contributed by atoms with E-state index in [-0.39, 0.29) is 13.2 Å². The maximum absolute atomic E-state index is 11.4. The highest BCUT2D eigenvalue weighted by Crippen LogP contribution is 2.28. The third-order valence-electron chi connectivity index (χ3n) is 2.60. The fraction of sp³-hybridized carbons (Fsp3) is 0.900. The molecule has 0 aromatic rings. The van der Waals surface area contributed by atoms with Crippen LogP contribution in [0.25, 0.3) is 0 Å². The smallest absolute Gasteiger partial charge is 0.338 e. The van der Waals surface area contributed by atoms with Crippen LogP contribution in [0.3, 0.4) is 0 Å². The van der Waals surface area contributed by atoms with E-state index in [2.05, 4.69) is 0 Å². The Labute approximate surface area is 83.9 Å². The van der Waals surface area contributed by atoms with E-state index in [9.17, 15) is 9.90 Å². The van der Waals surface area contributed by atoms with Crippen molar-refractivity contribution in [3.8, 4) is 0 Å². The Hall–Kier alpha value is -0.610. The molecule has 0 spiro atoms. The standard InChI is InChI=1S/C10H18O4/c11-7-4-8-14-9(12)10(13)5-2-1-3-6-10/h11,13H,1-8H2. The summed E-state index contributed by atoms with van der Waals surface area (Å²) in [5.41, 5.74) is -1.26. The molecule has 0 radical (unpaired) electrons. The van der Waals surface area contributed by atoms with Gasteiger partial charge in [0.25, 0.3) is 0 Å². The van der Waals surface area contributed by atoms with Crippen molar-refractivity contribution in [2.24, 2.45) is 0 Å². The molecule has 0 aliphatic heterocycles. The lowest BCUT2D eigenvalue weighted by molar-refractivity contribution is -0.169. The lowest BCUT2D eigenvalue weighted by atomic mass is 9.85. The van der Waals surface area contributed by atoms with Gasteiger partial charge in [0.1, 0.15) is 0 Å². The molecule has 4 nitrogen and oxygen atoms in total. The molecule has 1 aliphatic carbocycles. The number of rotatable bonds is 4. The van der Waals surface area contributed by atoms with Gasteiger partial charge in [-0.2, -0.15) is 0 Å². The molecule has 1 aliphatic rings. The number of carbonyl (C=O) groups is 1. The van der Waals surface area contributed by atoms with E-state index in [1.54, 1.807) is 0 Å². The molecule has 82 valence electrons. The minimum atomic E-state index is -1.26. The number of aliphatic hydroxyl groups is 2. The molecule has 0 bridgehead atoms. The number of hydrogen-bond donors (Lipinski definition) is 2. The highest BCUT2D eigenvalue weighted by Gasteiger charge is 2.38. The van der Waals surface area contributed by atoms with Crippen LogP contribution in [-0.2, 0) is 9.53 Å². The maximum Gasteiger partial charge on any atom is 0.338 e. The van der Waals surface area contributed by atoms with Crippen molar-refractivity contribution in [2.75, 3.05) is 13.2 Å². The highest BCUT2D eigenvalue weighted by atomic mass is 16.5. The van der Waals surface area contributed by atoms with Gasteiger partial charge in [-0.15, -0.1) is 0 Å². The van der Waals surface area contributed by atoms with Gasteiger partial charge in [-0.1, -0.05) is 6.42 Å². The lowest BCUT2D eigenvalue weighted by Crippen LogP contribution is -2.42. The van der Waals surface area contributed by atoms with Crippen molar-refractivity contribution < 1.29 is 19.7 Å². The predicted molar refractivity (Wildman–Crippen MR) is 50.7 cm³/mol. The van der Waals surface area contributed by atoms with E-state index >= 15 is 0 Å². The Morgan fingerprint density at radius 3 is 2.50 bits per heavy atom. The summed E-state index contributed by atoms with van der Waals surface area (Å²) in [4.78, 5) is 11.4. The summed E-state index contributed by atoms with van der Waals surface area (Å²) < 4.78 is 4.88. The van der Waals surface area contributed by atoms with E-state index in [0.29, 0.717) is 19.3 Å². The first-order valence-corrected chi connectivity index (χ1v) is 5.19. The van der Waals surface area contributed by atoms with Crippen LogP contribution in [0.4, 0.5) is 0 Å². The van der Waals surface area contributed by atoms with Gasteiger partial charge >= 0.3 is 5.97 Å². The molecular formula is C10H18O4. The monoisotopic (exact) mass is 202 g/mol. The van der Waals surface area contributed by atoms with Gasteiger partial charge in [-0.05, 0) is 25.7 Å². The average molecular weight is 202 g/mol. The molecule has 2 N–H and O–H groups in total. The number of aliphatic hydroxyl groups excluding tert-OH is 1. The van der Waals surface area contributed by atoms with Crippen LogP contribution in [0.5, 0.6) is 0 Å². The Bertz CT molecular complexity index is 185. The van der Waals surface area contributed by atoms with E-state index in [1.165, 1.54) is 0 Å². The fourth-order valence-electron chi connectivity index (χ4n) is 1.70. The molecule has 0 unspecified atom stereocenters. The SMILES string of the molecule is O=C(OCCCO)C1(O)CCCCC1. The van der Waals surface area contributed by atoms with E-state index < -0.39 is 11.6 Å². The molecular weight excluding hydrogens is 184 g/mol. The second kappa shape index (κ2) is 5.32. The first kappa shape index (κ1) is 11.5. The van der Waals surface area contributed by atoms with Crippen LogP contribution in [-0.4, -0.2) is 35.0 Å². The molecule has 1 rings (SSSR count). The van der Waals surface area contributed by atoms with E-state index in [1.807, 2.05) is 0 Å². The van der Waals surface area contributed by atoms with Gasteiger partial charge in [0.2, 0.25) is 0 Å². The summed E-state index contributed by atoms with van der Waals surface area (Å²) in [6, 6.07) is 0. The van der Waals surface area contributed by atoms with Crippen molar-refractivity contribution in [3.05, 3.63) is 0 Å². The fourth-order valence-corrected chi connectivity index (χ4v) is 1.70. The van der Waals surface area contributed by atoms with Crippen molar-refractivity contribution >= 4 is 5.97 Å². The maximum atomic E-state index is 11.4. The largest absolute Gasteiger partial charge is 0.463 e. The third-order valence-corrected chi connectivity index (χ3v) is 2.60. The Morgan fingerprint density at radius 1 is 1.29 bits per heavy atom. The number of ether oxygens (including phenoxy) is 1. The van der Waals surface area contributed by atoms with Crippen LogP contribution in [0, 0.1) is 0 Å². The van der Waals surface area contributed by atoms with Crippen LogP contribution >= 0.6 is 0 Å². The molecule has 1 fully saturated rings. The zero-order valence-electron chi connectivity index (χ0n) is 8.37. The van der Waals surface area contributed by atoms with Crippen molar-refractivity contribution in [3.63, 3.8) is 0 Å². The lowest BCUT2D eigenvalue weighted by Gasteiger charge is -2.29. The first-order valence-electron chi connectivity index (χ1n) is 5.19. The van der Waals surface area contributed by atoms with Crippen molar-refractivity contribution in [1.82, 2.24) is 0 Å². The Kier molecular flexibility index (Phi) is 4.35. The molecule has 0 aromatic carbocycles. The highest BCUT2D eigenvalue weighted by molar-refractivity contribution is 5.79. The normalized spacial score (nSPS) is 20.4. The molecule has 1 saturated carbocycles. The summed E-state index contributed by atoms with van der Waals surface area (Å²) in [5, 5.41) is 18.4. The zero-order valence-corrected chi connectivity index (χ0v) is 8.37. The molecule has 0 amide bonds. The van der Waals surface area contributed by atoms with Gasteiger partial charge in [0, 0.05) is 13.0 Å². The number of hydrogen-bond acceptors (Lipinski definition) is 4. The minimum absolute atomic E-state index is 0.00566. The third kappa shape index (κ3) is 2.96. The molecule has 0 atom stereocenters. The number of esters is 1. The first-order chi connectivity index (χ1) is 6.69. The molecule has 0 aromatic heterocycles.